The molecule has 0 radical (unpaired) electrons. The lowest BCUT2D eigenvalue weighted by molar-refractivity contribution is 0.102. The molecule has 0 bridgehead atoms. The molecule has 6 rings (SSSR count). The van der Waals surface area contributed by atoms with E-state index in [2.05, 4.69) is 21.3 Å². The van der Waals surface area contributed by atoms with E-state index in [0.29, 0.717) is 22.9 Å². The van der Waals surface area contributed by atoms with Crippen LogP contribution in [-0.2, 0) is 12.8 Å². The third kappa shape index (κ3) is 4.36. The number of nitrogens with zero attached hydrogens (tertiary/aromatic N) is 2. The Morgan fingerprint density at radius 1 is 0.974 bits per heavy atom. The van der Waals surface area contributed by atoms with Crippen LogP contribution in [0.5, 0.6) is 11.5 Å². The van der Waals surface area contributed by atoms with Gasteiger partial charge in [-0.15, -0.1) is 0 Å². The van der Waals surface area contributed by atoms with Gasteiger partial charge in [0, 0.05) is 41.5 Å². The van der Waals surface area contributed by atoms with Gasteiger partial charge in [-0.05, 0) is 79.8 Å². The lowest BCUT2D eigenvalue weighted by Gasteiger charge is -2.37. The molecule has 194 valence electrons. The topological polar surface area (TPSA) is 76.3 Å². The second-order valence-corrected chi connectivity index (χ2v) is 9.55. The van der Waals surface area contributed by atoms with E-state index in [-0.39, 0.29) is 22.8 Å². The van der Waals surface area contributed by atoms with Crippen LogP contribution >= 0.6 is 0 Å². The molecule has 3 heterocycles. The van der Waals surface area contributed by atoms with E-state index in [0.717, 1.165) is 49.7 Å². The minimum atomic E-state index is -0.378. The van der Waals surface area contributed by atoms with Crippen LogP contribution in [0.3, 0.4) is 0 Å². The molecular formula is C30H28FN3O4. The van der Waals surface area contributed by atoms with Crippen molar-refractivity contribution >= 4 is 33.9 Å². The number of carbonyl (C=O) groups excluding carboxylic acids is 1. The molecule has 0 unspecified atom stereocenters. The Hall–Kier alpha value is -4.33. The molecule has 2 aliphatic heterocycles. The van der Waals surface area contributed by atoms with Gasteiger partial charge in [0.25, 0.3) is 5.91 Å². The van der Waals surface area contributed by atoms with Gasteiger partial charge < -0.3 is 24.1 Å². The summed E-state index contributed by atoms with van der Waals surface area (Å²) in [4.78, 5) is 20.7. The van der Waals surface area contributed by atoms with Gasteiger partial charge in [-0.2, -0.15) is 0 Å². The Kier molecular flexibility index (Phi) is 6.23. The van der Waals surface area contributed by atoms with Crippen molar-refractivity contribution in [3.63, 3.8) is 0 Å². The Bertz CT molecular complexity index is 1610. The molecule has 1 N–H and O–H groups in total. The van der Waals surface area contributed by atoms with E-state index in [1.54, 1.807) is 44.6 Å². The fourth-order valence-electron chi connectivity index (χ4n) is 5.44. The number of halogens is 1. The fourth-order valence-corrected chi connectivity index (χ4v) is 5.44. The standard InChI is InChI=1S/C30H28FN3O4/c1-36-25-12-11-22(17-26(25)37-2)32-29(35)24-16-19-15-18-5-3-13-34-14-4-6-23(27(18)34)28(19)38-30(24)33-21-9-7-20(31)8-10-21/h7-12,15-17H,3-6,13-14H2,1-2H3,(H,32,35). The molecular weight excluding hydrogens is 485 g/mol. The number of anilines is 2. The molecule has 2 aliphatic rings. The van der Waals surface area contributed by atoms with Crippen molar-refractivity contribution < 1.29 is 23.1 Å². The monoisotopic (exact) mass is 513 g/mol. The van der Waals surface area contributed by atoms with Gasteiger partial charge in [-0.25, -0.2) is 9.38 Å². The highest BCUT2D eigenvalue weighted by Crippen LogP contribution is 2.40. The van der Waals surface area contributed by atoms with Gasteiger partial charge in [-0.1, -0.05) is 0 Å². The van der Waals surface area contributed by atoms with E-state index in [1.165, 1.54) is 28.9 Å². The summed E-state index contributed by atoms with van der Waals surface area (Å²) in [6.45, 7) is 2.09. The molecule has 0 spiro atoms. The largest absolute Gasteiger partial charge is 0.493 e. The van der Waals surface area contributed by atoms with Crippen molar-refractivity contribution in [3.8, 4) is 11.5 Å². The second-order valence-electron chi connectivity index (χ2n) is 9.55. The van der Waals surface area contributed by atoms with Crippen molar-refractivity contribution in [2.24, 2.45) is 4.99 Å². The van der Waals surface area contributed by atoms with E-state index in [1.807, 2.05) is 6.07 Å². The van der Waals surface area contributed by atoms with Crippen LogP contribution in [0.4, 0.5) is 21.5 Å². The third-order valence-corrected chi connectivity index (χ3v) is 7.17. The summed E-state index contributed by atoms with van der Waals surface area (Å²) in [6.07, 6.45) is 4.07. The van der Waals surface area contributed by atoms with Crippen molar-refractivity contribution in [2.75, 3.05) is 37.5 Å². The predicted molar refractivity (Wildman–Crippen MR) is 144 cm³/mol. The van der Waals surface area contributed by atoms with Crippen molar-refractivity contribution in [1.82, 2.24) is 0 Å². The highest BCUT2D eigenvalue weighted by Gasteiger charge is 2.27. The fraction of sp³-hybridized carbons (Fsp3) is 0.267. The molecule has 0 saturated heterocycles. The van der Waals surface area contributed by atoms with Crippen LogP contribution in [0, 0.1) is 5.82 Å². The summed E-state index contributed by atoms with van der Waals surface area (Å²) < 4.78 is 30.7. The van der Waals surface area contributed by atoms with Crippen molar-refractivity contribution in [2.45, 2.75) is 25.7 Å². The molecule has 7 nitrogen and oxygen atoms in total. The number of hydrogen-bond donors (Lipinski definition) is 1. The summed E-state index contributed by atoms with van der Waals surface area (Å²) in [6, 6.07) is 14.9. The first-order valence-electron chi connectivity index (χ1n) is 12.8. The zero-order chi connectivity index (χ0) is 26.2. The van der Waals surface area contributed by atoms with Crippen LogP contribution in [0.1, 0.15) is 34.3 Å². The molecule has 1 aromatic heterocycles. The van der Waals surface area contributed by atoms with Crippen molar-refractivity contribution in [1.29, 1.82) is 0 Å². The second kappa shape index (κ2) is 9.85. The molecule has 0 saturated carbocycles. The van der Waals surface area contributed by atoms with Gasteiger partial charge in [0.05, 0.1) is 19.9 Å². The quantitative estimate of drug-likeness (QED) is 0.367. The number of amides is 1. The first-order chi connectivity index (χ1) is 18.5. The number of rotatable bonds is 5. The summed E-state index contributed by atoms with van der Waals surface area (Å²) in [7, 11) is 3.10. The summed E-state index contributed by atoms with van der Waals surface area (Å²) in [5.74, 6) is 0.324. The van der Waals surface area contributed by atoms with Crippen LogP contribution < -0.4 is 25.2 Å². The van der Waals surface area contributed by atoms with Crippen LogP contribution in [0.25, 0.3) is 11.0 Å². The third-order valence-electron chi connectivity index (χ3n) is 7.17. The average molecular weight is 514 g/mol. The number of hydrogen-bond acceptors (Lipinski definition) is 6. The normalized spacial score (nSPS) is 14.8. The smallest absolute Gasteiger partial charge is 0.261 e. The maximum absolute atomic E-state index is 13.6. The number of fused-ring (bicyclic) bond motifs is 2. The number of carbonyl (C=O) groups is 1. The SMILES string of the molecule is COc1ccc(NC(=O)c2cc3cc4c5c(c3oc2=Nc2ccc(F)cc2)CCCN5CCC4)cc1OC. The summed E-state index contributed by atoms with van der Waals surface area (Å²) in [5.41, 5.74) is 5.97. The van der Waals surface area contributed by atoms with Crippen molar-refractivity contribution in [3.05, 3.63) is 82.7 Å². The zero-order valence-electron chi connectivity index (χ0n) is 21.3. The molecule has 8 heteroatoms. The molecule has 38 heavy (non-hydrogen) atoms. The highest BCUT2D eigenvalue weighted by molar-refractivity contribution is 6.06. The Labute approximate surface area is 219 Å². The number of benzene rings is 3. The average Bonchev–Trinajstić information content (AvgIpc) is 2.94. The first-order valence-corrected chi connectivity index (χ1v) is 12.8. The lowest BCUT2D eigenvalue weighted by atomic mass is 9.90. The zero-order valence-corrected chi connectivity index (χ0v) is 21.3. The van der Waals surface area contributed by atoms with Gasteiger partial charge in [0.2, 0.25) is 5.55 Å². The van der Waals surface area contributed by atoms with E-state index < -0.39 is 0 Å². The highest BCUT2D eigenvalue weighted by atomic mass is 19.1. The summed E-state index contributed by atoms with van der Waals surface area (Å²) >= 11 is 0. The number of ether oxygens (including phenoxy) is 2. The minimum absolute atomic E-state index is 0.172. The van der Waals surface area contributed by atoms with Crippen LogP contribution in [-0.4, -0.2) is 33.2 Å². The molecule has 3 aromatic carbocycles. The first kappa shape index (κ1) is 24.0. The number of methoxy groups -OCH3 is 2. The Morgan fingerprint density at radius 2 is 1.74 bits per heavy atom. The van der Waals surface area contributed by atoms with E-state index in [4.69, 9.17) is 13.9 Å². The predicted octanol–water partition coefficient (Wildman–Crippen LogP) is 5.77. The number of nitrogens with one attached hydrogen (secondary N) is 1. The minimum Gasteiger partial charge on any atom is -0.493 e. The molecule has 0 fully saturated rings. The van der Waals surface area contributed by atoms with Crippen LogP contribution in [0.15, 0.2) is 64.0 Å². The molecule has 4 aromatic rings. The van der Waals surface area contributed by atoms with E-state index >= 15 is 0 Å². The van der Waals surface area contributed by atoms with Gasteiger partial charge >= 0.3 is 0 Å². The van der Waals surface area contributed by atoms with Gasteiger partial charge in [0.1, 0.15) is 17.0 Å². The van der Waals surface area contributed by atoms with E-state index in [9.17, 15) is 9.18 Å². The molecule has 0 aliphatic carbocycles. The Balaban J connectivity index is 1.51. The van der Waals surface area contributed by atoms with Crippen LogP contribution in [0.2, 0.25) is 0 Å². The Morgan fingerprint density at radius 3 is 2.50 bits per heavy atom. The van der Waals surface area contributed by atoms with Gasteiger partial charge in [-0.3, -0.25) is 4.79 Å². The lowest BCUT2D eigenvalue weighted by Crippen LogP contribution is -2.34. The maximum atomic E-state index is 13.6. The maximum Gasteiger partial charge on any atom is 0.261 e. The molecule has 1 amide bonds. The van der Waals surface area contributed by atoms with Gasteiger partial charge in [0.15, 0.2) is 11.5 Å². The molecule has 0 atom stereocenters. The summed E-state index contributed by atoms with van der Waals surface area (Å²) in [5, 5.41) is 3.80. The number of aryl methyl sites for hydroxylation is 2.